The van der Waals surface area contributed by atoms with Gasteiger partial charge >= 0.3 is 0 Å². The molecule has 1 heterocycles. The molecule has 2 N–H and O–H groups in total. The van der Waals surface area contributed by atoms with Crippen molar-refractivity contribution >= 4 is 11.3 Å². The predicted molar refractivity (Wildman–Crippen MR) is 77.1 cm³/mol. The van der Waals surface area contributed by atoms with Crippen LogP contribution in [0.4, 0.5) is 0 Å². The maximum Gasteiger partial charge on any atom is 0.0962 e. The first-order valence-electron chi connectivity index (χ1n) is 7.35. The van der Waals surface area contributed by atoms with Crippen LogP contribution < -0.4 is 5.73 Å². The van der Waals surface area contributed by atoms with Crippen molar-refractivity contribution in [2.24, 2.45) is 5.73 Å². The molecule has 2 aliphatic carbocycles. The van der Waals surface area contributed by atoms with Gasteiger partial charge in [0.05, 0.1) is 10.7 Å². The van der Waals surface area contributed by atoms with Crippen molar-refractivity contribution in [2.45, 2.75) is 76.2 Å². The Kier molecular flexibility index (Phi) is 3.23. The molecule has 2 aliphatic rings. The van der Waals surface area contributed by atoms with Gasteiger partial charge in [0.25, 0.3) is 0 Å². The number of thiazole rings is 1. The Balaban J connectivity index is 1.91. The molecule has 100 valence electrons. The smallest absolute Gasteiger partial charge is 0.0962 e. The Bertz CT molecular complexity index is 420. The second-order valence-corrected chi connectivity index (χ2v) is 7.63. The van der Waals surface area contributed by atoms with E-state index < -0.39 is 0 Å². The van der Waals surface area contributed by atoms with Gasteiger partial charge in [0.15, 0.2) is 0 Å². The van der Waals surface area contributed by atoms with Gasteiger partial charge in [-0.25, -0.2) is 4.98 Å². The molecule has 0 unspecified atom stereocenters. The highest BCUT2D eigenvalue weighted by molar-refractivity contribution is 7.12. The second-order valence-electron chi connectivity index (χ2n) is 6.60. The lowest BCUT2D eigenvalue weighted by atomic mass is 9.90. The summed E-state index contributed by atoms with van der Waals surface area (Å²) < 4.78 is 0. The van der Waals surface area contributed by atoms with Gasteiger partial charge in [0, 0.05) is 22.3 Å². The van der Waals surface area contributed by atoms with Crippen LogP contribution in [0.3, 0.4) is 0 Å². The van der Waals surface area contributed by atoms with Gasteiger partial charge in [0.2, 0.25) is 0 Å². The first kappa shape index (κ1) is 12.6. The third kappa shape index (κ3) is 2.48. The minimum atomic E-state index is -0.220. The second kappa shape index (κ2) is 4.61. The Hall–Kier alpha value is -0.410. The third-order valence-electron chi connectivity index (χ3n) is 4.17. The molecule has 1 aromatic heterocycles. The number of aromatic nitrogens is 1. The predicted octanol–water partition coefficient (Wildman–Crippen LogP) is 4.26. The molecular formula is C15H24N2S. The van der Waals surface area contributed by atoms with E-state index in [1.54, 1.807) is 0 Å². The molecule has 3 heteroatoms. The maximum absolute atomic E-state index is 6.34. The molecular weight excluding hydrogens is 240 g/mol. The molecule has 1 aromatic rings. The van der Waals surface area contributed by atoms with E-state index in [1.807, 2.05) is 11.3 Å². The van der Waals surface area contributed by atoms with Crippen molar-refractivity contribution in [1.82, 2.24) is 4.98 Å². The zero-order chi connectivity index (χ0) is 12.8. The van der Waals surface area contributed by atoms with Gasteiger partial charge in [-0.15, -0.1) is 11.3 Å². The Morgan fingerprint density at radius 1 is 1.06 bits per heavy atom. The number of hydrogen-bond acceptors (Lipinski definition) is 3. The lowest BCUT2D eigenvalue weighted by Gasteiger charge is -2.19. The van der Waals surface area contributed by atoms with Gasteiger partial charge in [-0.1, -0.05) is 19.3 Å². The van der Waals surface area contributed by atoms with Crippen LogP contribution in [0.1, 0.15) is 86.2 Å². The van der Waals surface area contributed by atoms with E-state index in [9.17, 15) is 0 Å². The molecule has 0 aliphatic heterocycles. The number of hydrogen-bond donors (Lipinski definition) is 1. The average molecular weight is 264 g/mol. The topological polar surface area (TPSA) is 38.9 Å². The minimum absolute atomic E-state index is 0.220. The highest BCUT2D eigenvalue weighted by atomic mass is 32.1. The fourth-order valence-electron chi connectivity index (χ4n) is 2.97. The molecule has 0 radical (unpaired) electrons. The van der Waals surface area contributed by atoms with Crippen LogP contribution in [0.15, 0.2) is 0 Å². The molecule has 3 rings (SSSR count). The van der Waals surface area contributed by atoms with Crippen molar-refractivity contribution in [1.29, 1.82) is 0 Å². The number of rotatable bonds is 3. The minimum Gasteiger partial charge on any atom is -0.321 e. The van der Waals surface area contributed by atoms with E-state index in [-0.39, 0.29) is 5.54 Å². The van der Waals surface area contributed by atoms with Crippen molar-refractivity contribution in [3.8, 4) is 0 Å². The zero-order valence-electron chi connectivity index (χ0n) is 11.5. The summed E-state index contributed by atoms with van der Waals surface area (Å²) in [6.45, 7) is 4.24. The number of nitrogens with zero attached hydrogens (tertiary/aromatic N) is 1. The standard InChI is InChI=1S/C15H24N2S/c1-15(2,16)13-12(10-8-9-10)17-14(18-13)11-6-4-3-5-7-11/h10-11H,3-9,16H2,1-2H3. The molecule has 0 bridgehead atoms. The van der Waals surface area contributed by atoms with Gasteiger partial charge in [-0.05, 0) is 39.5 Å². The first-order valence-corrected chi connectivity index (χ1v) is 8.17. The van der Waals surface area contributed by atoms with Crippen LogP contribution >= 0.6 is 11.3 Å². The fraction of sp³-hybridized carbons (Fsp3) is 0.800. The molecule has 0 spiro atoms. The lowest BCUT2D eigenvalue weighted by Crippen LogP contribution is -2.28. The maximum atomic E-state index is 6.34. The summed E-state index contributed by atoms with van der Waals surface area (Å²) in [6, 6.07) is 0. The van der Waals surface area contributed by atoms with Gasteiger partial charge in [0.1, 0.15) is 0 Å². The SMILES string of the molecule is CC(C)(N)c1sc(C2CCCCC2)nc1C1CC1. The van der Waals surface area contributed by atoms with Crippen molar-refractivity contribution < 1.29 is 0 Å². The number of nitrogens with two attached hydrogens (primary N) is 1. The summed E-state index contributed by atoms with van der Waals surface area (Å²) in [7, 11) is 0. The zero-order valence-corrected chi connectivity index (χ0v) is 12.4. The van der Waals surface area contributed by atoms with Crippen LogP contribution in [0.5, 0.6) is 0 Å². The first-order chi connectivity index (χ1) is 8.55. The quantitative estimate of drug-likeness (QED) is 0.886. The normalized spacial score (nSPS) is 22.4. The highest BCUT2D eigenvalue weighted by Crippen LogP contribution is 2.47. The molecule has 2 saturated carbocycles. The Morgan fingerprint density at radius 2 is 1.72 bits per heavy atom. The molecule has 2 fully saturated rings. The van der Waals surface area contributed by atoms with E-state index in [4.69, 9.17) is 10.7 Å². The summed E-state index contributed by atoms with van der Waals surface area (Å²) in [5.74, 6) is 1.44. The Morgan fingerprint density at radius 3 is 2.28 bits per heavy atom. The molecule has 0 atom stereocenters. The molecule has 0 amide bonds. The highest BCUT2D eigenvalue weighted by Gasteiger charge is 2.35. The fourth-order valence-corrected chi connectivity index (χ4v) is 4.30. The summed E-state index contributed by atoms with van der Waals surface area (Å²) in [5, 5.41) is 1.38. The third-order valence-corrected chi connectivity index (χ3v) is 5.75. The van der Waals surface area contributed by atoms with Crippen LogP contribution in [0, 0.1) is 0 Å². The molecule has 18 heavy (non-hydrogen) atoms. The van der Waals surface area contributed by atoms with E-state index >= 15 is 0 Å². The summed E-state index contributed by atoms with van der Waals surface area (Å²) in [4.78, 5) is 6.35. The van der Waals surface area contributed by atoms with Crippen LogP contribution in [-0.2, 0) is 5.54 Å². The van der Waals surface area contributed by atoms with Crippen LogP contribution in [0.25, 0.3) is 0 Å². The summed E-state index contributed by atoms with van der Waals surface area (Å²) in [6.07, 6.45) is 9.47. The van der Waals surface area contributed by atoms with Crippen molar-refractivity contribution in [3.05, 3.63) is 15.6 Å². The largest absolute Gasteiger partial charge is 0.321 e. The van der Waals surface area contributed by atoms with Crippen molar-refractivity contribution in [2.75, 3.05) is 0 Å². The van der Waals surface area contributed by atoms with E-state index in [1.165, 1.54) is 60.5 Å². The van der Waals surface area contributed by atoms with Crippen LogP contribution in [-0.4, -0.2) is 4.98 Å². The summed E-state index contributed by atoms with van der Waals surface area (Å²) >= 11 is 1.91. The summed E-state index contributed by atoms with van der Waals surface area (Å²) in [5.41, 5.74) is 7.46. The Labute approximate surface area is 114 Å². The molecule has 0 aromatic carbocycles. The van der Waals surface area contributed by atoms with Gasteiger partial charge in [-0.3, -0.25) is 0 Å². The van der Waals surface area contributed by atoms with E-state index in [0.717, 1.165) is 11.8 Å². The molecule has 0 saturated heterocycles. The van der Waals surface area contributed by atoms with E-state index in [0.29, 0.717) is 0 Å². The van der Waals surface area contributed by atoms with E-state index in [2.05, 4.69) is 13.8 Å². The van der Waals surface area contributed by atoms with Crippen LogP contribution in [0.2, 0.25) is 0 Å². The lowest BCUT2D eigenvalue weighted by molar-refractivity contribution is 0.442. The average Bonchev–Trinajstić information content (AvgIpc) is 3.07. The van der Waals surface area contributed by atoms with Gasteiger partial charge < -0.3 is 5.73 Å². The molecule has 2 nitrogen and oxygen atoms in total. The van der Waals surface area contributed by atoms with Crippen molar-refractivity contribution in [3.63, 3.8) is 0 Å². The monoisotopic (exact) mass is 264 g/mol. The van der Waals surface area contributed by atoms with Gasteiger partial charge in [-0.2, -0.15) is 0 Å².